The number of hydrogen-bond donors (Lipinski definition) is 1. The van der Waals surface area contributed by atoms with E-state index >= 15 is 0 Å². The van der Waals surface area contributed by atoms with Crippen LogP contribution in [0.15, 0.2) is 53.4 Å². The molecular weight excluding hydrogens is 268 g/mol. The molecule has 3 rings (SSSR count). The fourth-order valence-electron chi connectivity index (χ4n) is 2.28. The monoisotopic (exact) mass is 280 g/mol. The van der Waals surface area contributed by atoms with Gasteiger partial charge in [0, 0.05) is 16.3 Å². The number of amides is 1. The molecule has 1 unspecified atom stereocenters. The van der Waals surface area contributed by atoms with Crippen LogP contribution in [0.4, 0.5) is 5.69 Å². The van der Waals surface area contributed by atoms with Crippen molar-refractivity contribution in [1.29, 1.82) is 5.26 Å². The number of thioether (sulfide) groups is 1. The molecule has 1 N–H and O–H groups in total. The molecule has 0 saturated heterocycles. The molecule has 0 saturated carbocycles. The highest BCUT2D eigenvalue weighted by atomic mass is 32.2. The SMILES string of the molecule is N#Cc1cccc(NC(=O)C2CSc3ccccc32)c1. The number of benzene rings is 2. The smallest absolute Gasteiger partial charge is 0.232 e. The lowest BCUT2D eigenvalue weighted by atomic mass is 10.0. The molecule has 1 heterocycles. The van der Waals surface area contributed by atoms with Crippen LogP contribution in [0.1, 0.15) is 17.0 Å². The molecule has 3 nitrogen and oxygen atoms in total. The van der Waals surface area contributed by atoms with Crippen molar-refractivity contribution in [2.75, 3.05) is 11.1 Å². The van der Waals surface area contributed by atoms with Gasteiger partial charge in [0.15, 0.2) is 0 Å². The van der Waals surface area contributed by atoms with Crippen LogP contribution < -0.4 is 5.32 Å². The van der Waals surface area contributed by atoms with Crippen molar-refractivity contribution in [3.05, 3.63) is 59.7 Å². The van der Waals surface area contributed by atoms with Gasteiger partial charge in [-0.05, 0) is 29.8 Å². The summed E-state index contributed by atoms with van der Waals surface area (Å²) < 4.78 is 0. The van der Waals surface area contributed by atoms with E-state index in [1.165, 1.54) is 4.90 Å². The van der Waals surface area contributed by atoms with Gasteiger partial charge in [0.1, 0.15) is 0 Å². The Kier molecular flexibility index (Phi) is 3.44. The molecule has 0 aromatic heterocycles. The Balaban J connectivity index is 1.79. The number of hydrogen-bond acceptors (Lipinski definition) is 3. The van der Waals surface area contributed by atoms with E-state index < -0.39 is 0 Å². The van der Waals surface area contributed by atoms with Crippen molar-refractivity contribution in [2.24, 2.45) is 0 Å². The Morgan fingerprint density at radius 1 is 1.25 bits per heavy atom. The van der Waals surface area contributed by atoms with Crippen LogP contribution >= 0.6 is 11.8 Å². The molecule has 1 amide bonds. The molecule has 0 aliphatic carbocycles. The first-order valence-corrected chi connectivity index (χ1v) is 7.29. The Bertz CT molecular complexity index is 706. The van der Waals surface area contributed by atoms with Crippen LogP contribution in [-0.2, 0) is 4.79 Å². The maximum Gasteiger partial charge on any atom is 0.232 e. The predicted molar refractivity (Wildman–Crippen MR) is 79.7 cm³/mol. The second kappa shape index (κ2) is 5.40. The molecule has 1 aliphatic heterocycles. The van der Waals surface area contributed by atoms with Gasteiger partial charge < -0.3 is 5.32 Å². The van der Waals surface area contributed by atoms with Gasteiger partial charge in [-0.2, -0.15) is 5.26 Å². The summed E-state index contributed by atoms with van der Waals surface area (Å²) in [5.74, 6) is 0.628. The lowest BCUT2D eigenvalue weighted by Crippen LogP contribution is -2.21. The normalized spacial score (nSPS) is 16.2. The molecule has 0 radical (unpaired) electrons. The molecular formula is C16H12N2OS. The Morgan fingerprint density at radius 2 is 2.10 bits per heavy atom. The van der Waals surface area contributed by atoms with E-state index in [9.17, 15) is 4.79 Å². The van der Waals surface area contributed by atoms with Crippen molar-refractivity contribution in [1.82, 2.24) is 0 Å². The summed E-state index contributed by atoms with van der Waals surface area (Å²) in [6.45, 7) is 0. The zero-order valence-corrected chi connectivity index (χ0v) is 11.5. The maximum atomic E-state index is 12.4. The first-order chi connectivity index (χ1) is 9.78. The van der Waals surface area contributed by atoms with Crippen LogP contribution in [0.25, 0.3) is 0 Å². The van der Waals surface area contributed by atoms with Crippen molar-refractivity contribution in [3.63, 3.8) is 0 Å². The third kappa shape index (κ3) is 2.40. The number of rotatable bonds is 2. The Morgan fingerprint density at radius 3 is 2.95 bits per heavy atom. The predicted octanol–water partition coefficient (Wildman–Crippen LogP) is 3.39. The number of nitriles is 1. The Hall–Kier alpha value is -2.25. The quantitative estimate of drug-likeness (QED) is 0.917. The second-order valence-electron chi connectivity index (χ2n) is 4.58. The largest absolute Gasteiger partial charge is 0.325 e. The highest BCUT2D eigenvalue weighted by Gasteiger charge is 2.28. The van der Waals surface area contributed by atoms with Gasteiger partial charge >= 0.3 is 0 Å². The van der Waals surface area contributed by atoms with Gasteiger partial charge in [-0.3, -0.25) is 4.79 Å². The zero-order chi connectivity index (χ0) is 13.9. The van der Waals surface area contributed by atoms with Crippen molar-refractivity contribution in [2.45, 2.75) is 10.8 Å². The highest BCUT2D eigenvalue weighted by molar-refractivity contribution is 7.99. The van der Waals surface area contributed by atoms with Crippen LogP contribution in [-0.4, -0.2) is 11.7 Å². The number of anilines is 1. The van der Waals surface area contributed by atoms with Gasteiger partial charge in [0.2, 0.25) is 5.91 Å². The lowest BCUT2D eigenvalue weighted by Gasteiger charge is -2.11. The van der Waals surface area contributed by atoms with Gasteiger partial charge in [-0.1, -0.05) is 24.3 Å². The summed E-state index contributed by atoms with van der Waals surface area (Å²) in [5.41, 5.74) is 2.30. The summed E-state index contributed by atoms with van der Waals surface area (Å²) >= 11 is 1.71. The first kappa shape index (κ1) is 12.8. The first-order valence-electron chi connectivity index (χ1n) is 6.30. The summed E-state index contributed by atoms with van der Waals surface area (Å²) in [7, 11) is 0. The van der Waals surface area contributed by atoms with E-state index in [2.05, 4.69) is 11.4 Å². The minimum atomic E-state index is -0.123. The number of fused-ring (bicyclic) bond motifs is 1. The van der Waals surface area contributed by atoms with E-state index in [0.717, 1.165) is 11.3 Å². The fourth-order valence-corrected chi connectivity index (χ4v) is 3.50. The molecule has 0 fully saturated rings. The Labute approximate surface area is 121 Å². The van der Waals surface area contributed by atoms with Crippen LogP contribution in [0.3, 0.4) is 0 Å². The molecule has 4 heteroatoms. The third-order valence-corrected chi connectivity index (χ3v) is 4.46. The molecule has 20 heavy (non-hydrogen) atoms. The van der Waals surface area contributed by atoms with Gasteiger partial charge in [0.05, 0.1) is 17.6 Å². The van der Waals surface area contributed by atoms with Gasteiger partial charge in [-0.25, -0.2) is 0 Å². The lowest BCUT2D eigenvalue weighted by molar-refractivity contribution is -0.117. The molecule has 1 aliphatic rings. The van der Waals surface area contributed by atoms with Crippen LogP contribution in [0.2, 0.25) is 0 Å². The molecule has 0 spiro atoms. The van der Waals surface area contributed by atoms with E-state index in [1.807, 2.05) is 24.3 Å². The minimum absolute atomic E-state index is 0.0162. The van der Waals surface area contributed by atoms with Gasteiger partial charge in [0.25, 0.3) is 0 Å². The summed E-state index contributed by atoms with van der Waals surface area (Å²) in [4.78, 5) is 13.5. The topological polar surface area (TPSA) is 52.9 Å². The average molecular weight is 280 g/mol. The molecule has 0 bridgehead atoms. The third-order valence-electron chi connectivity index (χ3n) is 3.28. The molecule has 98 valence electrons. The van der Waals surface area contributed by atoms with E-state index in [1.54, 1.807) is 36.0 Å². The fraction of sp³-hybridized carbons (Fsp3) is 0.125. The number of carbonyl (C=O) groups is 1. The van der Waals surface area contributed by atoms with E-state index in [0.29, 0.717) is 11.3 Å². The number of nitrogens with one attached hydrogen (secondary N) is 1. The zero-order valence-electron chi connectivity index (χ0n) is 10.7. The van der Waals surface area contributed by atoms with Crippen LogP contribution in [0.5, 0.6) is 0 Å². The standard InChI is InChI=1S/C16H12N2OS/c17-9-11-4-3-5-12(8-11)18-16(19)14-10-20-15-7-2-1-6-13(14)15/h1-8,14H,10H2,(H,18,19). The average Bonchev–Trinajstić information content (AvgIpc) is 2.91. The maximum absolute atomic E-state index is 12.4. The van der Waals surface area contributed by atoms with Crippen molar-refractivity contribution < 1.29 is 4.79 Å². The van der Waals surface area contributed by atoms with Crippen LogP contribution in [0, 0.1) is 11.3 Å². The second-order valence-corrected chi connectivity index (χ2v) is 5.65. The summed E-state index contributed by atoms with van der Waals surface area (Å²) in [5, 5.41) is 11.8. The van der Waals surface area contributed by atoms with Crippen molar-refractivity contribution in [3.8, 4) is 6.07 Å². The molecule has 1 atom stereocenters. The highest BCUT2D eigenvalue weighted by Crippen LogP contribution is 2.39. The van der Waals surface area contributed by atoms with Gasteiger partial charge in [-0.15, -0.1) is 11.8 Å². The minimum Gasteiger partial charge on any atom is -0.325 e. The number of nitrogens with zero attached hydrogens (tertiary/aromatic N) is 1. The molecule has 2 aromatic rings. The van der Waals surface area contributed by atoms with E-state index in [4.69, 9.17) is 5.26 Å². The summed E-state index contributed by atoms with van der Waals surface area (Å²) in [6, 6.07) is 17.0. The number of carbonyl (C=O) groups excluding carboxylic acids is 1. The van der Waals surface area contributed by atoms with E-state index in [-0.39, 0.29) is 11.8 Å². The summed E-state index contributed by atoms with van der Waals surface area (Å²) in [6.07, 6.45) is 0. The molecule has 2 aromatic carbocycles. The van der Waals surface area contributed by atoms with Crippen molar-refractivity contribution >= 4 is 23.4 Å².